The molecular weight excluding hydrogens is 502 g/mol. The highest BCUT2D eigenvalue weighted by Crippen LogP contribution is 2.38. The Balaban J connectivity index is 1.44. The Labute approximate surface area is 235 Å². The predicted octanol–water partition coefficient (Wildman–Crippen LogP) is 6.58. The molecule has 8 heteroatoms. The molecule has 0 atom stereocenters. The van der Waals surface area contributed by atoms with Gasteiger partial charge in [0, 0.05) is 30.2 Å². The molecule has 1 aliphatic heterocycles. The molecule has 8 nitrogen and oxygen atoms in total. The first-order valence-electron chi connectivity index (χ1n) is 13.5. The number of hydrogen-bond acceptors (Lipinski definition) is 6. The second-order valence-corrected chi connectivity index (χ2v) is 11.1. The molecule has 40 heavy (non-hydrogen) atoms. The van der Waals surface area contributed by atoms with Crippen LogP contribution in [0, 0.1) is 6.92 Å². The van der Waals surface area contributed by atoms with E-state index in [0.717, 1.165) is 65.1 Å². The van der Waals surface area contributed by atoms with E-state index in [0.29, 0.717) is 22.8 Å². The number of ether oxygens (including phenoxy) is 2. The molecule has 3 aromatic carbocycles. The van der Waals surface area contributed by atoms with Gasteiger partial charge in [0.2, 0.25) is 0 Å². The highest BCUT2D eigenvalue weighted by Gasteiger charge is 2.20. The van der Waals surface area contributed by atoms with Crippen molar-refractivity contribution in [1.82, 2.24) is 4.98 Å². The van der Waals surface area contributed by atoms with E-state index < -0.39 is 0 Å². The number of nitrogens with two attached hydrogens (primary N) is 1. The average molecular weight is 540 g/mol. The van der Waals surface area contributed by atoms with Crippen LogP contribution in [0.4, 0.5) is 27.7 Å². The normalized spacial score (nSPS) is 13.8. The van der Waals surface area contributed by atoms with Crippen LogP contribution in [0.3, 0.4) is 0 Å². The third kappa shape index (κ3) is 5.53. The molecule has 4 aromatic rings. The number of carbonyl (C=O) groups excluding carboxylic acids is 1. The number of carbonyl (C=O) groups is 1. The number of nitrogens with one attached hydrogen (secondary N) is 2. The number of amides is 2. The summed E-state index contributed by atoms with van der Waals surface area (Å²) in [6, 6.07) is 17.6. The second-order valence-electron chi connectivity index (χ2n) is 11.1. The number of morpholine rings is 1. The second kappa shape index (κ2) is 11.1. The van der Waals surface area contributed by atoms with Crippen LogP contribution in [0.2, 0.25) is 0 Å². The van der Waals surface area contributed by atoms with Crippen LogP contribution in [0.25, 0.3) is 21.9 Å². The summed E-state index contributed by atoms with van der Waals surface area (Å²) in [5, 5.41) is 7.93. The van der Waals surface area contributed by atoms with Crippen molar-refractivity contribution in [1.29, 1.82) is 0 Å². The van der Waals surface area contributed by atoms with Gasteiger partial charge in [0.25, 0.3) is 0 Å². The number of hydrogen-bond donors (Lipinski definition) is 3. The van der Waals surface area contributed by atoms with E-state index >= 15 is 0 Å². The lowest BCUT2D eigenvalue weighted by Gasteiger charge is -2.28. The van der Waals surface area contributed by atoms with Crippen LogP contribution < -0.4 is 26.0 Å². The van der Waals surface area contributed by atoms with Crippen molar-refractivity contribution in [3.63, 3.8) is 0 Å². The minimum atomic E-state index is -0.380. The summed E-state index contributed by atoms with van der Waals surface area (Å²) < 4.78 is 11.0. The lowest BCUT2D eigenvalue weighted by Crippen LogP contribution is -2.36. The van der Waals surface area contributed by atoms with Gasteiger partial charge in [0.05, 0.1) is 37.4 Å². The number of nitrogen functional groups attached to an aromatic ring is 1. The van der Waals surface area contributed by atoms with E-state index in [-0.39, 0.29) is 11.4 Å². The number of urea groups is 1. The van der Waals surface area contributed by atoms with Gasteiger partial charge in [0.15, 0.2) is 5.75 Å². The van der Waals surface area contributed by atoms with Crippen LogP contribution in [-0.2, 0) is 10.2 Å². The largest absolute Gasteiger partial charge is 0.492 e. The van der Waals surface area contributed by atoms with Crippen molar-refractivity contribution in [2.45, 2.75) is 33.1 Å². The molecule has 1 fully saturated rings. The van der Waals surface area contributed by atoms with Gasteiger partial charge < -0.3 is 30.7 Å². The smallest absolute Gasteiger partial charge is 0.323 e. The van der Waals surface area contributed by atoms with Gasteiger partial charge in [-0.05, 0) is 58.7 Å². The Kier molecular flexibility index (Phi) is 7.54. The van der Waals surface area contributed by atoms with Crippen molar-refractivity contribution in [2.75, 3.05) is 54.7 Å². The van der Waals surface area contributed by atoms with E-state index in [2.05, 4.69) is 55.4 Å². The third-order valence-electron chi connectivity index (χ3n) is 7.33. The highest BCUT2D eigenvalue weighted by atomic mass is 16.5. The Morgan fingerprint density at radius 2 is 1.68 bits per heavy atom. The third-order valence-corrected chi connectivity index (χ3v) is 7.33. The van der Waals surface area contributed by atoms with Crippen molar-refractivity contribution < 1.29 is 14.3 Å². The zero-order valence-corrected chi connectivity index (χ0v) is 23.8. The molecule has 0 unspecified atom stereocenters. The number of nitrogens with zero attached hydrogens (tertiary/aromatic N) is 2. The van der Waals surface area contributed by atoms with E-state index in [1.54, 1.807) is 7.11 Å². The van der Waals surface area contributed by atoms with Crippen LogP contribution in [0.5, 0.6) is 5.75 Å². The molecule has 0 bridgehead atoms. The standard InChI is InChI=1S/C32H37N5O3/c1-20-16-29(37-12-14-40-15-13-37)34-19-25(20)23-10-11-27(24-9-7-6-8-22(23)24)35-31(38)36-28-18-21(32(2,3)4)17-26(33)30(28)39-5/h6-11,16-19H,12-15,33H2,1-5H3,(H2,35,36,38). The number of pyridine rings is 1. The van der Waals surface area contributed by atoms with Gasteiger partial charge in [0.1, 0.15) is 5.82 Å². The molecule has 208 valence electrons. The number of methoxy groups -OCH3 is 1. The maximum Gasteiger partial charge on any atom is 0.323 e. The molecule has 0 spiro atoms. The van der Waals surface area contributed by atoms with E-state index in [1.165, 1.54) is 0 Å². The summed E-state index contributed by atoms with van der Waals surface area (Å²) in [5.41, 5.74) is 12.1. The Morgan fingerprint density at radius 3 is 2.35 bits per heavy atom. The fourth-order valence-corrected chi connectivity index (χ4v) is 5.11. The molecule has 2 amide bonds. The maximum absolute atomic E-state index is 13.2. The topological polar surface area (TPSA) is 102 Å². The van der Waals surface area contributed by atoms with E-state index in [1.807, 2.05) is 48.7 Å². The lowest BCUT2D eigenvalue weighted by molar-refractivity contribution is 0.122. The van der Waals surface area contributed by atoms with Crippen molar-refractivity contribution in [2.24, 2.45) is 0 Å². The molecule has 5 rings (SSSR count). The molecule has 1 aliphatic rings. The monoisotopic (exact) mass is 539 g/mol. The summed E-state index contributed by atoms with van der Waals surface area (Å²) in [5.74, 6) is 1.40. The van der Waals surface area contributed by atoms with Crippen LogP contribution >= 0.6 is 0 Å². The Hall–Kier alpha value is -4.30. The SMILES string of the molecule is COc1c(N)cc(C(C)(C)C)cc1NC(=O)Nc1ccc(-c2cnc(N3CCOCC3)cc2C)c2ccccc12. The molecule has 0 radical (unpaired) electrons. The zero-order chi connectivity index (χ0) is 28.4. The first kappa shape index (κ1) is 27.3. The van der Waals surface area contributed by atoms with Crippen LogP contribution in [-0.4, -0.2) is 44.4 Å². The molecule has 4 N–H and O–H groups in total. The zero-order valence-electron chi connectivity index (χ0n) is 23.8. The highest BCUT2D eigenvalue weighted by molar-refractivity contribution is 6.10. The minimum absolute atomic E-state index is 0.146. The Morgan fingerprint density at radius 1 is 0.975 bits per heavy atom. The van der Waals surface area contributed by atoms with E-state index in [9.17, 15) is 4.79 Å². The molecule has 0 aliphatic carbocycles. The number of benzene rings is 3. The van der Waals surface area contributed by atoms with Gasteiger partial charge in [-0.1, -0.05) is 51.1 Å². The lowest BCUT2D eigenvalue weighted by atomic mass is 9.86. The minimum Gasteiger partial charge on any atom is -0.492 e. The average Bonchev–Trinajstić information content (AvgIpc) is 2.93. The molecule has 2 heterocycles. The number of rotatable bonds is 5. The summed E-state index contributed by atoms with van der Waals surface area (Å²) in [6.45, 7) is 11.5. The number of aryl methyl sites for hydroxylation is 1. The van der Waals surface area contributed by atoms with Crippen molar-refractivity contribution in [3.8, 4) is 16.9 Å². The number of aromatic nitrogens is 1. The molecule has 1 aromatic heterocycles. The van der Waals surface area contributed by atoms with Gasteiger partial charge in [-0.25, -0.2) is 9.78 Å². The van der Waals surface area contributed by atoms with Crippen molar-refractivity contribution in [3.05, 3.63) is 71.9 Å². The van der Waals surface area contributed by atoms with Crippen LogP contribution in [0.1, 0.15) is 31.9 Å². The first-order chi connectivity index (χ1) is 19.2. The fourth-order valence-electron chi connectivity index (χ4n) is 5.11. The van der Waals surface area contributed by atoms with Gasteiger partial charge in [-0.3, -0.25) is 0 Å². The van der Waals surface area contributed by atoms with E-state index in [4.69, 9.17) is 20.2 Å². The Bertz CT molecular complexity index is 1550. The first-order valence-corrected chi connectivity index (χ1v) is 13.5. The summed E-state index contributed by atoms with van der Waals surface area (Å²) in [6.07, 6.45) is 1.95. The van der Waals surface area contributed by atoms with Crippen LogP contribution in [0.15, 0.2) is 60.8 Å². The van der Waals surface area contributed by atoms with Gasteiger partial charge in [-0.2, -0.15) is 0 Å². The summed E-state index contributed by atoms with van der Waals surface area (Å²) >= 11 is 0. The van der Waals surface area contributed by atoms with Gasteiger partial charge >= 0.3 is 6.03 Å². The number of anilines is 4. The molecular formula is C32H37N5O3. The fraction of sp³-hybridized carbons (Fsp3) is 0.312. The maximum atomic E-state index is 13.2. The van der Waals surface area contributed by atoms with Gasteiger partial charge in [-0.15, -0.1) is 0 Å². The molecule has 1 saturated heterocycles. The predicted molar refractivity (Wildman–Crippen MR) is 164 cm³/mol. The number of fused-ring (bicyclic) bond motifs is 1. The summed E-state index contributed by atoms with van der Waals surface area (Å²) in [7, 11) is 1.54. The quantitative estimate of drug-likeness (QED) is 0.248. The molecule has 0 saturated carbocycles. The summed E-state index contributed by atoms with van der Waals surface area (Å²) in [4.78, 5) is 20.3. The van der Waals surface area contributed by atoms with Crippen molar-refractivity contribution >= 4 is 39.7 Å².